The Hall–Kier alpha value is -3.24. The summed E-state index contributed by atoms with van der Waals surface area (Å²) in [6.07, 6.45) is 2.71. The summed E-state index contributed by atoms with van der Waals surface area (Å²) in [5, 5.41) is 4.22. The zero-order valence-electron chi connectivity index (χ0n) is 20.5. The van der Waals surface area contributed by atoms with Gasteiger partial charge in [-0.1, -0.05) is 112 Å². The highest BCUT2D eigenvalue weighted by molar-refractivity contribution is 6.79. The SMILES string of the molecule is CC[Si](CC)(CC)CCc1cccc(-c2ccccc2)c1C(=O)Nc1cccc2cccnc12. The van der Waals surface area contributed by atoms with Crippen molar-refractivity contribution >= 4 is 30.6 Å². The molecule has 1 heterocycles. The molecule has 0 spiro atoms. The van der Waals surface area contributed by atoms with E-state index in [9.17, 15) is 4.79 Å². The van der Waals surface area contributed by atoms with Crippen LogP contribution in [0.1, 0.15) is 36.7 Å². The number of carbonyl (C=O) groups is 1. The molecule has 0 radical (unpaired) electrons. The van der Waals surface area contributed by atoms with E-state index in [4.69, 9.17) is 0 Å². The van der Waals surface area contributed by atoms with Gasteiger partial charge in [-0.05, 0) is 35.2 Å². The molecule has 0 fully saturated rings. The second kappa shape index (κ2) is 10.8. The molecular weight excluding hydrogens is 432 g/mol. The standard InChI is InChI=1S/C30H34N2OSi/c1-4-34(5-2,6-3)22-20-24-15-10-18-26(23-13-8-7-9-14-23)28(24)30(33)32-27-19-11-16-25-17-12-21-31-29(25)27/h7-19,21H,4-6,20,22H2,1-3H3,(H,32,33). The fourth-order valence-corrected chi connectivity index (χ4v) is 8.37. The molecule has 0 aliphatic heterocycles. The third-order valence-electron chi connectivity index (χ3n) is 7.52. The molecule has 4 rings (SSSR count). The number of carbonyl (C=O) groups excluding carboxylic acids is 1. The average molecular weight is 467 g/mol. The van der Waals surface area contributed by atoms with Crippen molar-refractivity contribution in [1.82, 2.24) is 4.98 Å². The normalized spacial score (nSPS) is 11.5. The number of benzene rings is 3. The monoisotopic (exact) mass is 466 g/mol. The topological polar surface area (TPSA) is 42.0 Å². The van der Waals surface area contributed by atoms with Crippen LogP contribution in [-0.4, -0.2) is 19.0 Å². The van der Waals surface area contributed by atoms with Gasteiger partial charge in [0.1, 0.15) is 0 Å². The Labute approximate surface area is 204 Å². The quantitative estimate of drug-likeness (QED) is 0.253. The summed E-state index contributed by atoms with van der Waals surface area (Å²) in [5.41, 5.74) is 5.53. The molecule has 0 saturated carbocycles. The molecule has 174 valence electrons. The first-order valence-corrected chi connectivity index (χ1v) is 15.3. The van der Waals surface area contributed by atoms with Crippen LogP contribution in [0.5, 0.6) is 0 Å². The fourth-order valence-electron chi connectivity index (χ4n) is 5.00. The number of hydrogen-bond acceptors (Lipinski definition) is 2. The van der Waals surface area contributed by atoms with Crippen LogP contribution < -0.4 is 5.32 Å². The van der Waals surface area contributed by atoms with Crippen LogP contribution in [0.3, 0.4) is 0 Å². The number of aromatic nitrogens is 1. The van der Waals surface area contributed by atoms with E-state index in [1.807, 2.05) is 48.5 Å². The maximum absolute atomic E-state index is 13.9. The third kappa shape index (κ3) is 4.97. The maximum atomic E-state index is 13.9. The first-order chi connectivity index (χ1) is 16.6. The van der Waals surface area contributed by atoms with Gasteiger partial charge in [-0.25, -0.2) is 0 Å². The molecule has 4 aromatic rings. The van der Waals surface area contributed by atoms with E-state index in [0.29, 0.717) is 0 Å². The highest BCUT2D eigenvalue weighted by atomic mass is 28.3. The Morgan fingerprint density at radius 3 is 2.26 bits per heavy atom. The first-order valence-electron chi connectivity index (χ1n) is 12.4. The van der Waals surface area contributed by atoms with E-state index in [2.05, 4.69) is 61.4 Å². The summed E-state index contributed by atoms with van der Waals surface area (Å²) in [4.78, 5) is 18.4. The molecule has 1 N–H and O–H groups in total. The molecule has 3 nitrogen and oxygen atoms in total. The molecule has 0 saturated heterocycles. The smallest absolute Gasteiger partial charge is 0.256 e. The van der Waals surface area contributed by atoms with Gasteiger partial charge in [0.2, 0.25) is 0 Å². The minimum absolute atomic E-state index is 0.0654. The Morgan fingerprint density at radius 1 is 0.824 bits per heavy atom. The molecule has 1 aromatic heterocycles. The average Bonchev–Trinajstić information content (AvgIpc) is 2.90. The lowest BCUT2D eigenvalue weighted by atomic mass is 9.93. The Bertz CT molecular complexity index is 1250. The second-order valence-electron chi connectivity index (χ2n) is 9.10. The van der Waals surface area contributed by atoms with Crippen LogP contribution in [0.4, 0.5) is 5.69 Å². The highest BCUT2D eigenvalue weighted by Crippen LogP contribution is 2.32. The summed E-state index contributed by atoms with van der Waals surface area (Å²) in [6, 6.07) is 31.5. The van der Waals surface area contributed by atoms with Gasteiger partial charge in [0, 0.05) is 11.6 Å². The number of nitrogens with one attached hydrogen (secondary N) is 1. The van der Waals surface area contributed by atoms with E-state index in [0.717, 1.165) is 45.3 Å². The molecule has 0 atom stereocenters. The molecule has 0 aliphatic rings. The largest absolute Gasteiger partial charge is 0.320 e. The molecular formula is C30H34N2OSi. The van der Waals surface area contributed by atoms with Crippen molar-refractivity contribution in [3.05, 3.63) is 96.2 Å². The number of aryl methyl sites for hydroxylation is 1. The van der Waals surface area contributed by atoms with Gasteiger partial charge < -0.3 is 5.32 Å². The predicted molar refractivity (Wildman–Crippen MR) is 147 cm³/mol. The maximum Gasteiger partial charge on any atom is 0.256 e. The number of pyridine rings is 1. The van der Waals surface area contributed by atoms with Gasteiger partial charge in [0.05, 0.1) is 24.8 Å². The molecule has 4 heteroatoms. The molecule has 34 heavy (non-hydrogen) atoms. The van der Waals surface area contributed by atoms with Gasteiger partial charge in [-0.15, -0.1) is 0 Å². The number of nitrogens with zero attached hydrogens (tertiary/aromatic N) is 1. The van der Waals surface area contributed by atoms with Crippen LogP contribution in [0.25, 0.3) is 22.0 Å². The van der Waals surface area contributed by atoms with Gasteiger partial charge >= 0.3 is 0 Å². The first kappa shape index (κ1) is 23.9. The molecule has 1 amide bonds. The summed E-state index contributed by atoms with van der Waals surface area (Å²) >= 11 is 0. The van der Waals surface area contributed by atoms with Gasteiger partial charge in [0.25, 0.3) is 5.91 Å². The Kier molecular flexibility index (Phi) is 7.58. The van der Waals surface area contributed by atoms with Crippen LogP contribution in [-0.2, 0) is 6.42 Å². The number of anilines is 1. The van der Waals surface area contributed by atoms with Crippen molar-refractivity contribution in [2.45, 2.75) is 51.4 Å². The van der Waals surface area contributed by atoms with Crippen molar-refractivity contribution < 1.29 is 4.79 Å². The molecule has 0 unspecified atom stereocenters. The van der Waals surface area contributed by atoms with Crippen molar-refractivity contribution in [1.29, 1.82) is 0 Å². The minimum atomic E-state index is -1.31. The van der Waals surface area contributed by atoms with E-state index < -0.39 is 8.07 Å². The fraction of sp³-hybridized carbons (Fsp3) is 0.267. The molecule has 0 bridgehead atoms. The van der Waals surface area contributed by atoms with E-state index in [1.165, 1.54) is 24.2 Å². The lowest BCUT2D eigenvalue weighted by Gasteiger charge is -2.28. The van der Waals surface area contributed by atoms with Crippen LogP contribution in [0.2, 0.25) is 24.2 Å². The van der Waals surface area contributed by atoms with Crippen molar-refractivity contribution in [3.8, 4) is 11.1 Å². The summed E-state index contributed by atoms with van der Waals surface area (Å²) in [6.45, 7) is 7.04. The van der Waals surface area contributed by atoms with Crippen molar-refractivity contribution in [2.24, 2.45) is 0 Å². The van der Waals surface area contributed by atoms with E-state index >= 15 is 0 Å². The second-order valence-corrected chi connectivity index (χ2v) is 14.7. The predicted octanol–water partition coefficient (Wildman–Crippen LogP) is 8.21. The lowest BCUT2D eigenvalue weighted by Crippen LogP contribution is -2.31. The number of rotatable bonds is 9. The zero-order valence-corrected chi connectivity index (χ0v) is 21.5. The number of amides is 1. The number of para-hydroxylation sites is 1. The van der Waals surface area contributed by atoms with E-state index in [-0.39, 0.29) is 5.91 Å². The molecule has 0 aliphatic carbocycles. The minimum Gasteiger partial charge on any atom is -0.320 e. The highest BCUT2D eigenvalue weighted by Gasteiger charge is 2.27. The lowest BCUT2D eigenvalue weighted by molar-refractivity contribution is 0.102. The van der Waals surface area contributed by atoms with Crippen LogP contribution in [0, 0.1) is 0 Å². The summed E-state index contributed by atoms with van der Waals surface area (Å²) < 4.78 is 0. The zero-order chi connectivity index (χ0) is 24.0. The van der Waals surface area contributed by atoms with Crippen molar-refractivity contribution in [3.63, 3.8) is 0 Å². The van der Waals surface area contributed by atoms with Gasteiger partial charge in [-0.3, -0.25) is 9.78 Å². The van der Waals surface area contributed by atoms with E-state index in [1.54, 1.807) is 6.20 Å². The Balaban J connectivity index is 1.76. The number of hydrogen-bond donors (Lipinski definition) is 1. The van der Waals surface area contributed by atoms with Gasteiger partial charge in [-0.2, -0.15) is 0 Å². The summed E-state index contributed by atoms with van der Waals surface area (Å²) in [7, 11) is -1.31. The Morgan fingerprint density at radius 2 is 1.53 bits per heavy atom. The van der Waals surface area contributed by atoms with Crippen LogP contribution in [0.15, 0.2) is 85.1 Å². The van der Waals surface area contributed by atoms with Gasteiger partial charge in [0.15, 0.2) is 0 Å². The van der Waals surface area contributed by atoms with Crippen molar-refractivity contribution in [2.75, 3.05) is 5.32 Å². The number of fused-ring (bicyclic) bond motifs is 1. The van der Waals surface area contributed by atoms with Crippen LogP contribution >= 0.6 is 0 Å². The summed E-state index contributed by atoms with van der Waals surface area (Å²) in [5.74, 6) is -0.0654. The third-order valence-corrected chi connectivity index (χ3v) is 13.3. The molecule has 3 aromatic carbocycles.